The molecular weight excluding hydrogens is 472 g/mol. The molecule has 3 N–H and O–H groups in total. The molecule has 2 rings (SSSR count). The van der Waals surface area contributed by atoms with Crippen LogP contribution in [0.1, 0.15) is 38.7 Å². The molecule has 0 radical (unpaired) electrons. The maximum absolute atomic E-state index is 14.5. The number of nitrogens with zero attached hydrogens (tertiary/aromatic N) is 3. The molecule has 0 saturated carbocycles. The minimum absolute atomic E-state index is 0. The largest absolute Gasteiger partial charge is 0.370 e. The molecule has 1 aromatic carbocycles. The highest BCUT2D eigenvalue weighted by atomic mass is 127. The van der Waals surface area contributed by atoms with Crippen molar-refractivity contribution < 1.29 is 9.18 Å². The number of amides is 1. The van der Waals surface area contributed by atoms with E-state index in [9.17, 15) is 9.18 Å². The lowest BCUT2D eigenvalue weighted by Gasteiger charge is -2.34. The lowest BCUT2D eigenvalue weighted by molar-refractivity contribution is -0.119. The van der Waals surface area contributed by atoms with Gasteiger partial charge in [0.2, 0.25) is 5.91 Å². The van der Waals surface area contributed by atoms with Gasteiger partial charge >= 0.3 is 0 Å². The Morgan fingerprint density at radius 3 is 2.68 bits per heavy atom. The molecule has 1 atom stereocenters. The highest BCUT2D eigenvalue weighted by Crippen LogP contribution is 2.21. The molecule has 1 unspecified atom stereocenters. The number of hydrogen-bond acceptors (Lipinski definition) is 3. The third-order valence-corrected chi connectivity index (χ3v) is 5.09. The summed E-state index contributed by atoms with van der Waals surface area (Å²) in [5.74, 6) is 0.582. The van der Waals surface area contributed by atoms with Gasteiger partial charge in [-0.1, -0.05) is 6.07 Å². The van der Waals surface area contributed by atoms with Crippen molar-refractivity contribution in [1.82, 2.24) is 10.2 Å². The predicted octanol–water partition coefficient (Wildman–Crippen LogP) is 2.95. The number of hydrogen-bond donors (Lipinski definition) is 2. The number of piperidine rings is 1. The number of nitrogens with one attached hydrogen (secondary N) is 1. The number of likely N-dealkylation sites (tertiary alicyclic amines) is 1. The van der Waals surface area contributed by atoms with E-state index in [-0.39, 0.29) is 41.6 Å². The quantitative estimate of drug-likeness (QED) is 0.340. The molecule has 158 valence electrons. The van der Waals surface area contributed by atoms with E-state index in [1.165, 1.54) is 0 Å². The van der Waals surface area contributed by atoms with Crippen LogP contribution in [-0.4, -0.2) is 50.0 Å². The van der Waals surface area contributed by atoms with Gasteiger partial charge in [-0.3, -0.25) is 9.79 Å². The average Bonchev–Trinajstić information content (AvgIpc) is 2.64. The van der Waals surface area contributed by atoms with Crippen LogP contribution in [0, 0.1) is 11.7 Å². The van der Waals surface area contributed by atoms with Crippen LogP contribution in [0.2, 0.25) is 0 Å². The number of primary amides is 1. The van der Waals surface area contributed by atoms with Crippen LogP contribution in [0.4, 0.5) is 10.1 Å². The Balaban J connectivity index is 0.00000392. The zero-order valence-corrected chi connectivity index (χ0v) is 19.4. The monoisotopic (exact) mass is 505 g/mol. The number of anilines is 1. The first-order valence-electron chi connectivity index (χ1n) is 9.75. The Morgan fingerprint density at radius 1 is 1.39 bits per heavy atom. The summed E-state index contributed by atoms with van der Waals surface area (Å²) in [6, 6.07) is 5.37. The highest BCUT2D eigenvalue weighted by Gasteiger charge is 2.23. The van der Waals surface area contributed by atoms with Gasteiger partial charge in [0.1, 0.15) is 5.82 Å². The summed E-state index contributed by atoms with van der Waals surface area (Å²) in [4.78, 5) is 19.7. The van der Waals surface area contributed by atoms with E-state index in [2.05, 4.69) is 15.2 Å². The van der Waals surface area contributed by atoms with Gasteiger partial charge in [0.25, 0.3) is 0 Å². The Bertz CT molecular complexity index is 666. The molecule has 0 aliphatic carbocycles. The molecular formula is C20H33FIN5O. The molecule has 1 aromatic rings. The fourth-order valence-corrected chi connectivity index (χ4v) is 3.70. The van der Waals surface area contributed by atoms with Gasteiger partial charge < -0.3 is 20.9 Å². The number of carbonyl (C=O) groups is 1. The van der Waals surface area contributed by atoms with Gasteiger partial charge in [-0.05, 0) is 50.3 Å². The van der Waals surface area contributed by atoms with Gasteiger partial charge in [-0.15, -0.1) is 24.0 Å². The number of halogens is 2. The van der Waals surface area contributed by atoms with Crippen LogP contribution in [0.15, 0.2) is 23.2 Å². The van der Waals surface area contributed by atoms with Crippen molar-refractivity contribution in [3.8, 4) is 0 Å². The predicted molar refractivity (Wildman–Crippen MR) is 124 cm³/mol. The lowest BCUT2D eigenvalue weighted by atomic mass is 9.95. The molecule has 0 aromatic heterocycles. The summed E-state index contributed by atoms with van der Waals surface area (Å²) in [5.41, 5.74) is 6.85. The molecule has 6 nitrogen and oxygen atoms in total. The lowest BCUT2D eigenvalue weighted by Crippen LogP contribution is -2.46. The summed E-state index contributed by atoms with van der Waals surface area (Å²) in [5, 5.41) is 3.31. The third-order valence-electron chi connectivity index (χ3n) is 5.09. The Hall–Kier alpha value is -1.58. The highest BCUT2D eigenvalue weighted by molar-refractivity contribution is 14.0. The van der Waals surface area contributed by atoms with E-state index in [0.29, 0.717) is 18.7 Å². The molecule has 1 saturated heterocycles. The van der Waals surface area contributed by atoms with Crippen LogP contribution < -0.4 is 16.0 Å². The van der Waals surface area contributed by atoms with E-state index >= 15 is 0 Å². The van der Waals surface area contributed by atoms with Crippen molar-refractivity contribution in [3.05, 3.63) is 29.6 Å². The summed E-state index contributed by atoms with van der Waals surface area (Å²) < 4.78 is 14.5. The smallest absolute Gasteiger partial charge is 0.217 e. The number of carbonyl (C=O) groups excluding carboxylic acids is 1. The normalized spacial score (nSPS) is 17.1. The Morgan fingerprint density at radius 2 is 2.11 bits per heavy atom. The van der Waals surface area contributed by atoms with Crippen LogP contribution in [-0.2, 0) is 11.3 Å². The summed E-state index contributed by atoms with van der Waals surface area (Å²) >= 11 is 0. The zero-order chi connectivity index (χ0) is 19.8. The van der Waals surface area contributed by atoms with E-state index in [1.807, 2.05) is 30.9 Å². The van der Waals surface area contributed by atoms with Crippen molar-refractivity contribution in [2.75, 3.05) is 38.1 Å². The van der Waals surface area contributed by atoms with Gasteiger partial charge in [0.15, 0.2) is 5.96 Å². The van der Waals surface area contributed by atoms with E-state index in [1.54, 1.807) is 13.1 Å². The molecule has 1 aliphatic heterocycles. The first-order chi connectivity index (χ1) is 13.0. The van der Waals surface area contributed by atoms with E-state index < -0.39 is 0 Å². The first kappa shape index (κ1) is 24.5. The van der Waals surface area contributed by atoms with Gasteiger partial charge in [-0.25, -0.2) is 4.39 Å². The summed E-state index contributed by atoms with van der Waals surface area (Å²) in [6.45, 7) is 7.75. The van der Waals surface area contributed by atoms with Crippen molar-refractivity contribution >= 4 is 41.5 Å². The third kappa shape index (κ3) is 6.79. The number of benzene rings is 1. The average molecular weight is 505 g/mol. The van der Waals surface area contributed by atoms with E-state index in [4.69, 9.17) is 5.73 Å². The molecule has 1 amide bonds. The number of rotatable bonds is 7. The van der Waals surface area contributed by atoms with Gasteiger partial charge in [0, 0.05) is 46.2 Å². The minimum atomic E-state index is -0.256. The van der Waals surface area contributed by atoms with Gasteiger partial charge in [-0.2, -0.15) is 0 Å². The summed E-state index contributed by atoms with van der Waals surface area (Å²) in [6.07, 6.45) is 2.42. The minimum Gasteiger partial charge on any atom is -0.370 e. The fraction of sp³-hybridized carbons (Fsp3) is 0.600. The number of guanidine groups is 1. The molecule has 0 bridgehead atoms. The second-order valence-corrected chi connectivity index (χ2v) is 6.98. The van der Waals surface area contributed by atoms with Crippen LogP contribution in [0.3, 0.4) is 0 Å². The van der Waals surface area contributed by atoms with Crippen LogP contribution in [0.5, 0.6) is 0 Å². The molecule has 1 heterocycles. The van der Waals surface area contributed by atoms with Crippen molar-refractivity contribution in [2.45, 2.75) is 39.7 Å². The molecule has 28 heavy (non-hydrogen) atoms. The van der Waals surface area contributed by atoms with Crippen molar-refractivity contribution in [2.24, 2.45) is 16.6 Å². The second kappa shape index (κ2) is 12.1. The first-order valence-corrected chi connectivity index (χ1v) is 9.75. The molecule has 8 heteroatoms. The molecule has 0 spiro atoms. The topological polar surface area (TPSA) is 74.0 Å². The Kier molecular flexibility index (Phi) is 10.6. The van der Waals surface area contributed by atoms with Crippen LogP contribution in [0.25, 0.3) is 0 Å². The van der Waals surface area contributed by atoms with Crippen LogP contribution >= 0.6 is 24.0 Å². The standard InChI is InChI=1S/C20H32FN5O.HI/c1-4-25(5-2)18-9-8-15(11-17(18)21)13-24-20(23-3)26-10-6-7-16(14-26)12-19(22)27;/h8-9,11,16H,4-7,10,12-14H2,1-3H3,(H2,22,27)(H,23,24);1H. The van der Waals surface area contributed by atoms with E-state index in [0.717, 1.165) is 50.5 Å². The molecule has 1 fully saturated rings. The fourth-order valence-electron chi connectivity index (χ4n) is 3.70. The number of nitrogens with two attached hydrogens (primary N) is 1. The van der Waals surface area contributed by atoms with Crippen molar-refractivity contribution in [1.29, 1.82) is 0 Å². The SMILES string of the molecule is CCN(CC)c1ccc(CNC(=NC)N2CCCC(CC(N)=O)C2)cc1F.I. The summed E-state index contributed by atoms with van der Waals surface area (Å²) in [7, 11) is 1.74. The zero-order valence-electron chi connectivity index (χ0n) is 17.1. The maximum atomic E-state index is 14.5. The molecule has 1 aliphatic rings. The maximum Gasteiger partial charge on any atom is 0.217 e. The van der Waals surface area contributed by atoms with Gasteiger partial charge in [0.05, 0.1) is 5.69 Å². The Labute approximate surface area is 184 Å². The second-order valence-electron chi connectivity index (χ2n) is 6.98. The number of aliphatic imine (C=N–C) groups is 1. The van der Waals surface area contributed by atoms with Crippen molar-refractivity contribution in [3.63, 3.8) is 0 Å².